The standard InChI is InChI=1S/C17H28N2/c1-13-5-6-16(18)14(11-13)12-19(4)15-7-9-17(2,3)10-8-15/h5-6,11,15H,7-10,12,18H2,1-4H3. The molecule has 2 N–H and O–H groups in total. The molecule has 106 valence electrons. The lowest BCUT2D eigenvalue weighted by Crippen LogP contribution is -2.36. The molecule has 1 aliphatic rings. The van der Waals surface area contributed by atoms with Gasteiger partial charge in [0.05, 0.1) is 0 Å². The highest BCUT2D eigenvalue weighted by molar-refractivity contribution is 5.48. The molecular weight excluding hydrogens is 232 g/mol. The molecule has 0 aromatic heterocycles. The van der Waals surface area contributed by atoms with Gasteiger partial charge in [0.15, 0.2) is 0 Å². The van der Waals surface area contributed by atoms with Crippen LogP contribution < -0.4 is 5.73 Å². The van der Waals surface area contributed by atoms with Gasteiger partial charge in [-0.1, -0.05) is 31.5 Å². The summed E-state index contributed by atoms with van der Waals surface area (Å²) >= 11 is 0. The molecule has 0 atom stereocenters. The van der Waals surface area contributed by atoms with E-state index in [-0.39, 0.29) is 0 Å². The topological polar surface area (TPSA) is 29.3 Å². The Bertz CT molecular complexity index is 427. The fourth-order valence-corrected chi connectivity index (χ4v) is 3.09. The van der Waals surface area contributed by atoms with Gasteiger partial charge >= 0.3 is 0 Å². The average molecular weight is 260 g/mol. The minimum atomic E-state index is 0.541. The summed E-state index contributed by atoms with van der Waals surface area (Å²) in [4.78, 5) is 2.49. The van der Waals surface area contributed by atoms with Crippen LogP contribution in [0.5, 0.6) is 0 Å². The van der Waals surface area contributed by atoms with Crippen molar-refractivity contribution in [1.29, 1.82) is 0 Å². The first-order valence-electron chi connectivity index (χ1n) is 7.43. The maximum absolute atomic E-state index is 6.08. The van der Waals surface area contributed by atoms with Crippen LogP contribution in [0.25, 0.3) is 0 Å². The molecule has 0 saturated heterocycles. The molecule has 0 amide bonds. The van der Waals surface area contributed by atoms with Crippen LogP contribution in [-0.4, -0.2) is 18.0 Å². The Morgan fingerprint density at radius 1 is 1.26 bits per heavy atom. The molecule has 0 heterocycles. The first kappa shape index (κ1) is 14.4. The largest absolute Gasteiger partial charge is 0.398 e. The quantitative estimate of drug-likeness (QED) is 0.833. The molecule has 0 radical (unpaired) electrons. The van der Waals surface area contributed by atoms with Crippen LogP contribution in [0.1, 0.15) is 50.7 Å². The SMILES string of the molecule is Cc1ccc(N)c(CN(C)C2CCC(C)(C)CC2)c1. The predicted molar refractivity (Wildman–Crippen MR) is 83.1 cm³/mol. The van der Waals surface area contributed by atoms with E-state index in [4.69, 9.17) is 5.73 Å². The van der Waals surface area contributed by atoms with Gasteiger partial charge in [-0.25, -0.2) is 0 Å². The Hall–Kier alpha value is -1.02. The van der Waals surface area contributed by atoms with Crippen molar-refractivity contribution in [3.05, 3.63) is 29.3 Å². The molecule has 2 rings (SSSR count). The number of nitrogen functional groups attached to an aromatic ring is 1. The molecular formula is C17H28N2. The lowest BCUT2D eigenvalue weighted by Gasteiger charge is -2.38. The highest BCUT2D eigenvalue weighted by Crippen LogP contribution is 2.37. The van der Waals surface area contributed by atoms with Gasteiger partial charge in [-0.3, -0.25) is 4.90 Å². The molecule has 1 aromatic carbocycles. The van der Waals surface area contributed by atoms with Crippen molar-refractivity contribution in [3.8, 4) is 0 Å². The first-order chi connectivity index (χ1) is 8.87. The number of hydrogen-bond acceptors (Lipinski definition) is 2. The molecule has 0 unspecified atom stereocenters. The van der Waals surface area contributed by atoms with Crippen LogP contribution >= 0.6 is 0 Å². The van der Waals surface area contributed by atoms with Crippen molar-refractivity contribution >= 4 is 5.69 Å². The second-order valence-corrected chi connectivity index (χ2v) is 7.01. The van der Waals surface area contributed by atoms with Crippen LogP contribution in [0.3, 0.4) is 0 Å². The third-order valence-electron chi connectivity index (χ3n) is 4.65. The smallest absolute Gasteiger partial charge is 0.0359 e. The highest BCUT2D eigenvalue weighted by atomic mass is 15.1. The molecule has 2 heteroatoms. The zero-order valence-electron chi connectivity index (χ0n) is 12.9. The van der Waals surface area contributed by atoms with Crippen LogP contribution in [0.2, 0.25) is 0 Å². The van der Waals surface area contributed by atoms with E-state index in [1.54, 1.807) is 0 Å². The third-order valence-corrected chi connectivity index (χ3v) is 4.65. The monoisotopic (exact) mass is 260 g/mol. The number of nitrogens with two attached hydrogens (primary N) is 1. The zero-order chi connectivity index (χ0) is 14.0. The summed E-state index contributed by atoms with van der Waals surface area (Å²) in [6.07, 6.45) is 5.31. The molecule has 0 bridgehead atoms. The van der Waals surface area contributed by atoms with Gasteiger partial charge in [-0.15, -0.1) is 0 Å². The number of anilines is 1. The Kier molecular flexibility index (Phi) is 4.19. The van der Waals surface area contributed by atoms with Crippen molar-refractivity contribution in [2.24, 2.45) is 5.41 Å². The fraction of sp³-hybridized carbons (Fsp3) is 0.647. The van der Waals surface area contributed by atoms with E-state index in [0.717, 1.165) is 12.2 Å². The van der Waals surface area contributed by atoms with Gasteiger partial charge in [-0.2, -0.15) is 0 Å². The van der Waals surface area contributed by atoms with E-state index in [1.807, 2.05) is 6.07 Å². The second kappa shape index (κ2) is 5.54. The summed E-state index contributed by atoms with van der Waals surface area (Å²) in [6, 6.07) is 7.05. The molecule has 19 heavy (non-hydrogen) atoms. The number of rotatable bonds is 3. The minimum Gasteiger partial charge on any atom is -0.398 e. The molecule has 0 aliphatic heterocycles. The molecule has 1 aromatic rings. The zero-order valence-corrected chi connectivity index (χ0v) is 12.9. The number of aryl methyl sites for hydroxylation is 1. The van der Waals surface area contributed by atoms with Gasteiger partial charge < -0.3 is 5.73 Å². The van der Waals surface area contributed by atoms with Crippen LogP contribution in [0.4, 0.5) is 5.69 Å². The maximum atomic E-state index is 6.08. The minimum absolute atomic E-state index is 0.541. The second-order valence-electron chi connectivity index (χ2n) is 7.01. The van der Waals surface area contributed by atoms with Gasteiger partial charge in [0.1, 0.15) is 0 Å². The molecule has 0 spiro atoms. The average Bonchev–Trinajstić information content (AvgIpc) is 2.33. The number of benzene rings is 1. The van der Waals surface area contributed by atoms with Crippen molar-refractivity contribution in [2.45, 2.75) is 59.0 Å². The summed E-state index contributed by atoms with van der Waals surface area (Å²) in [6.45, 7) is 7.88. The van der Waals surface area contributed by atoms with Gasteiger partial charge in [0.25, 0.3) is 0 Å². The van der Waals surface area contributed by atoms with Crippen LogP contribution in [-0.2, 0) is 6.54 Å². The van der Waals surface area contributed by atoms with Crippen LogP contribution in [0.15, 0.2) is 18.2 Å². The van der Waals surface area contributed by atoms with E-state index in [2.05, 4.69) is 44.9 Å². The Morgan fingerprint density at radius 2 is 1.89 bits per heavy atom. The summed E-state index contributed by atoms with van der Waals surface area (Å²) < 4.78 is 0. The van der Waals surface area contributed by atoms with Crippen molar-refractivity contribution < 1.29 is 0 Å². The lowest BCUT2D eigenvalue weighted by molar-refractivity contribution is 0.123. The number of hydrogen-bond donors (Lipinski definition) is 1. The Labute approximate surface area is 118 Å². The molecule has 1 saturated carbocycles. The Balaban J connectivity index is 1.98. The molecule has 1 fully saturated rings. The maximum Gasteiger partial charge on any atom is 0.0359 e. The summed E-state index contributed by atoms with van der Waals surface area (Å²) in [7, 11) is 2.24. The summed E-state index contributed by atoms with van der Waals surface area (Å²) in [5, 5.41) is 0. The summed E-state index contributed by atoms with van der Waals surface area (Å²) in [5.41, 5.74) is 10.1. The third kappa shape index (κ3) is 3.73. The van der Waals surface area contributed by atoms with E-state index < -0.39 is 0 Å². The van der Waals surface area contributed by atoms with E-state index >= 15 is 0 Å². The van der Waals surface area contributed by atoms with E-state index in [0.29, 0.717) is 11.5 Å². The fourth-order valence-electron chi connectivity index (χ4n) is 3.09. The Morgan fingerprint density at radius 3 is 2.53 bits per heavy atom. The molecule has 2 nitrogen and oxygen atoms in total. The van der Waals surface area contributed by atoms with Crippen molar-refractivity contribution in [2.75, 3.05) is 12.8 Å². The van der Waals surface area contributed by atoms with Gasteiger partial charge in [-0.05, 0) is 56.7 Å². The number of nitrogens with zero attached hydrogens (tertiary/aromatic N) is 1. The van der Waals surface area contributed by atoms with Crippen molar-refractivity contribution in [1.82, 2.24) is 4.90 Å². The van der Waals surface area contributed by atoms with Gasteiger partial charge in [0, 0.05) is 18.3 Å². The first-order valence-corrected chi connectivity index (χ1v) is 7.43. The molecule has 1 aliphatic carbocycles. The normalized spacial score (nSPS) is 19.8. The van der Waals surface area contributed by atoms with E-state index in [9.17, 15) is 0 Å². The van der Waals surface area contributed by atoms with Gasteiger partial charge in [0.2, 0.25) is 0 Å². The van der Waals surface area contributed by atoms with Crippen LogP contribution in [0, 0.1) is 12.3 Å². The predicted octanol–water partition coefficient (Wildman–Crippen LogP) is 3.98. The summed E-state index contributed by atoms with van der Waals surface area (Å²) in [5.74, 6) is 0. The lowest BCUT2D eigenvalue weighted by atomic mass is 9.75. The van der Waals surface area contributed by atoms with Crippen molar-refractivity contribution in [3.63, 3.8) is 0 Å². The highest BCUT2D eigenvalue weighted by Gasteiger charge is 2.28. The van der Waals surface area contributed by atoms with E-state index in [1.165, 1.54) is 36.8 Å².